The summed E-state index contributed by atoms with van der Waals surface area (Å²) >= 11 is 1.03. The van der Waals surface area contributed by atoms with Crippen LogP contribution in [0.3, 0.4) is 0 Å². The number of nitrogens with zero attached hydrogens (tertiary/aromatic N) is 4. The third-order valence-electron chi connectivity index (χ3n) is 5.56. The maximum absolute atomic E-state index is 13.6. The number of amides is 2. The molecule has 182 valence electrons. The number of sulfone groups is 1. The van der Waals surface area contributed by atoms with E-state index in [1.165, 1.54) is 23.1 Å². The van der Waals surface area contributed by atoms with Crippen LogP contribution in [0, 0.1) is 18.2 Å². The minimum absolute atomic E-state index is 0.0813. The van der Waals surface area contributed by atoms with Crippen LogP contribution in [0.2, 0.25) is 0 Å². The first-order chi connectivity index (χ1) is 16.8. The molecule has 2 amide bonds. The molecule has 8 nitrogen and oxygen atoms in total. The van der Waals surface area contributed by atoms with Gasteiger partial charge in [-0.25, -0.2) is 12.8 Å². The molecule has 35 heavy (non-hydrogen) atoms. The first-order valence-corrected chi connectivity index (χ1v) is 13.5. The number of carbonyl (C=O) groups is 2. The van der Waals surface area contributed by atoms with E-state index in [9.17, 15) is 22.4 Å². The zero-order chi connectivity index (χ0) is 25.0. The molecule has 0 aliphatic carbocycles. The van der Waals surface area contributed by atoms with E-state index < -0.39 is 39.0 Å². The highest BCUT2D eigenvalue weighted by Crippen LogP contribution is 2.19. The average Bonchev–Trinajstić information content (AvgIpc) is 3.14. The summed E-state index contributed by atoms with van der Waals surface area (Å²) in [4.78, 5) is 32.8. The number of hydrogen-bond acceptors (Lipinski definition) is 6. The Morgan fingerprint density at radius 2 is 1.77 bits per heavy atom. The number of anilines is 1. The number of fused-ring (bicyclic) bond motifs is 1. The van der Waals surface area contributed by atoms with Gasteiger partial charge in [-0.15, -0.1) is 6.42 Å². The quantitative estimate of drug-likeness (QED) is 0.467. The van der Waals surface area contributed by atoms with E-state index in [2.05, 4.69) is 15.8 Å². The number of piperazine rings is 1. The molecule has 0 unspecified atom stereocenters. The fourth-order valence-corrected chi connectivity index (χ4v) is 6.06. The van der Waals surface area contributed by atoms with Crippen molar-refractivity contribution in [3.05, 3.63) is 59.1 Å². The summed E-state index contributed by atoms with van der Waals surface area (Å²) in [5.41, 5.74) is 1.64. The third-order valence-corrected chi connectivity index (χ3v) is 7.97. The highest BCUT2D eigenvalue weighted by atomic mass is 32.2. The molecule has 0 saturated carbocycles. The lowest BCUT2D eigenvalue weighted by Crippen LogP contribution is -2.50. The largest absolute Gasteiger partial charge is 0.368 e. The molecular formula is C24H23FN4O4S2. The second-order valence-corrected chi connectivity index (χ2v) is 11.1. The molecule has 1 aromatic heterocycles. The fourth-order valence-electron chi connectivity index (χ4n) is 3.89. The van der Waals surface area contributed by atoms with E-state index in [1.807, 2.05) is 30.3 Å². The number of thiazole rings is 1. The van der Waals surface area contributed by atoms with Crippen LogP contribution in [0.5, 0.6) is 0 Å². The van der Waals surface area contributed by atoms with E-state index in [0.29, 0.717) is 36.4 Å². The van der Waals surface area contributed by atoms with Crippen molar-refractivity contribution in [2.45, 2.75) is 6.54 Å². The molecule has 11 heteroatoms. The SMILES string of the molecule is C#CCn1c(=NC(=O)CS(=O)(=O)CC(=O)N2CCN(c3ccccc3)CC2)sc2cc(F)ccc21. The van der Waals surface area contributed by atoms with Gasteiger partial charge in [-0.1, -0.05) is 35.5 Å². The fraction of sp³-hybridized carbons (Fsp3) is 0.292. The molecule has 0 bridgehead atoms. The molecule has 1 aliphatic rings. The number of aromatic nitrogens is 1. The lowest BCUT2D eigenvalue weighted by atomic mass is 10.2. The van der Waals surface area contributed by atoms with Crippen molar-refractivity contribution in [1.82, 2.24) is 9.47 Å². The van der Waals surface area contributed by atoms with E-state index in [1.54, 1.807) is 4.57 Å². The Morgan fingerprint density at radius 3 is 2.46 bits per heavy atom. The van der Waals surface area contributed by atoms with Gasteiger partial charge in [0.25, 0.3) is 5.91 Å². The second kappa shape index (κ2) is 10.4. The van der Waals surface area contributed by atoms with Gasteiger partial charge in [-0.05, 0) is 30.3 Å². The first-order valence-electron chi connectivity index (χ1n) is 10.8. The summed E-state index contributed by atoms with van der Waals surface area (Å²) in [5, 5.41) is 0. The van der Waals surface area contributed by atoms with Gasteiger partial charge in [-0.3, -0.25) is 9.59 Å². The third kappa shape index (κ3) is 5.96. The Morgan fingerprint density at radius 1 is 1.06 bits per heavy atom. The first kappa shape index (κ1) is 24.6. The summed E-state index contributed by atoms with van der Waals surface area (Å²) in [6.45, 7) is 2.05. The standard InChI is InChI=1S/C24H23FN4O4S2/c1-2-10-29-20-9-8-18(25)15-21(20)34-24(29)26-22(30)16-35(32,33)17-23(31)28-13-11-27(12-14-28)19-6-4-3-5-7-19/h1,3-9,15H,10-14,16-17H2. The summed E-state index contributed by atoms with van der Waals surface area (Å²) in [5.74, 6) is -1.11. The molecule has 4 rings (SSSR count). The van der Waals surface area contributed by atoms with Crippen LogP contribution in [-0.4, -0.2) is 67.4 Å². The number of terminal acetylenes is 1. The van der Waals surface area contributed by atoms with Gasteiger partial charge >= 0.3 is 0 Å². The second-order valence-electron chi connectivity index (χ2n) is 8.03. The van der Waals surface area contributed by atoms with Gasteiger partial charge in [0.15, 0.2) is 14.6 Å². The van der Waals surface area contributed by atoms with Crippen LogP contribution < -0.4 is 9.70 Å². The number of hydrogen-bond donors (Lipinski definition) is 0. The molecule has 2 heterocycles. The van der Waals surface area contributed by atoms with Crippen LogP contribution in [0.15, 0.2) is 53.5 Å². The van der Waals surface area contributed by atoms with E-state index >= 15 is 0 Å². The molecule has 0 spiro atoms. The molecule has 2 aromatic carbocycles. The summed E-state index contributed by atoms with van der Waals surface area (Å²) < 4.78 is 40.8. The molecule has 0 atom stereocenters. The van der Waals surface area contributed by atoms with Gasteiger partial charge < -0.3 is 14.4 Å². The smallest absolute Gasteiger partial charge is 0.263 e. The van der Waals surface area contributed by atoms with Gasteiger partial charge in [-0.2, -0.15) is 4.99 Å². The highest BCUT2D eigenvalue weighted by Gasteiger charge is 2.27. The topological polar surface area (TPSA) is 92.0 Å². The van der Waals surface area contributed by atoms with E-state index in [0.717, 1.165) is 17.0 Å². The predicted molar refractivity (Wildman–Crippen MR) is 133 cm³/mol. The van der Waals surface area contributed by atoms with Crippen molar-refractivity contribution in [3.8, 4) is 12.3 Å². The summed E-state index contributed by atoms with van der Waals surface area (Å²) in [7, 11) is -4.03. The predicted octanol–water partition coefficient (Wildman–Crippen LogP) is 1.67. The monoisotopic (exact) mass is 514 g/mol. The van der Waals surface area contributed by atoms with Crippen molar-refractivity contribution in [1.29, 1.82) is 0 Å². The number of rotatable bonds is 6. The Balaban J connectivity index is 1.41. The molecule has 0 radical (unpaired) electrons. The van der Waals surface area contributed by atoms with Gasteiger partial charge in [0.2, 0.25) is 5.91 Å². The minimum Gasteiger partial charge on any atom is -0.368 e. The Kier molecular flexibility index (Phi) is 7.33. The van der Waals surface area contributed by atoms with Gasteiger partial charge in [0.1, 0.15) is 17.3 Å². The molecule has 1 saturated heterocycles. The van der Waals surface area contributed by atoms with Crippen molar-refractivity contribution in [2.75, 3.05) is 42.6 Å². The molecule has 0 N–H and O–H groups in total. The summed E-state index contributed by atoms with van der Waals surface area (Å²) in [6, 6.07) is 13.9. The average molecular weight is 515 g/mol. The molecule has 1 fully saturated rings. The highest BCUT2D eigenvalue weighted by molar-refractivity contribution is 7.92. The van der Waals surface area contributed by atoms with Crippen LogP contribution in [-0.2, 0) is 26.0 Å². The van der Waals surface area contributed by atoms with E-state index in [4.69, 9.17) is 6.42 Å². The normalized spacial score (nSPS) is 14.8. The molecular weight excluding hydrogens is 491 g/mol. The van der Waals surface area contributed by atoms with Crippen molar-refractivity contribution in [3.63, 3.8) is 0 Å². The molecule has 1 aliphatic heterocycles. The Labute approximate surface area is 206 Å². The summed E-state index contributed by atoms with van der Waals surface area (Å²) in [6.07, 6.45) is 5.40. The van der Waals surface area contributed by atoms with Crippen LogP contribution in [0.25, 0.3) is 10.2 Å². The number of benzene rings is 2. The zero-order valence-corrected chi connectivity index (χ0v) is 20.4. The van der Waals surface area contributed by atoms with Crippen molar-refractivity contribution < 1.29 is 22.4 Å². The Hall–Kier alpha value is -3.49. The maximum atomic E-state index is 13.6. The lowest BCUT2D eigenvalue weighted by Gasteiger charge is -2.36. The number of carbonyl (C=O) groups excluding carboxylic acids is 2. The van der Waals surface area contributed by atoms with E-state index in [-0.39, 0.29) is 11.3 Å². The maximum Gasteiger partial charge on any atom is 0.263 e. The van der Waals surface area contributed by atoms with Crippen LogP contribution in [0.4, 0.5) is 10.1 Å². The zero-order valence-electron chi connectivity index (χ0n) is 18.8. The number of para-hydroxylation sites is 1. The Bertz CT molecular complexity index is 1460. The van der Waals surface area contributed by atoms with Crippen LogP contribution in [0.1, 0.15) is 0 Å². The van der Waals surface area contributed by atoms with Gasteiger partial charge in [0, 0.05) is 31.9 Å². The molecule has 3 aromatic rings. The lowest BCUT2D eigenvalue weighted by molar-refractivity contribution is -0.128. The van der Waals surface area contributed by atoms with Crippen molar-refractivity contribution >= 4 is 48.9 Å². The van der Waals surface area contributed by atoms with Crippen molar-refractivity contribution in [2.24, 2.45) is 4.99 Å². The van der Waals surface area contributed by atoms with Gasteiger partial charge in [0.05, 0.1) is 16.8 Å². The number of halogens is 1. The minimum atomic E-state index is -4.03. The van der Waals surface area contributed by atoms with Crippen LogP contribution >= 0.6 is 11.3 Å².